The molecule has 0 amide bonds. The third-order valence-corrected chi connectivity index (χ3v) is 4.88. The summed E-state index contributed by atoms with van der Waals surface area (Å²) in [6, 6.07) is 0. The van der Waals surface area contributed by atoms with E-state index in [2.05, 4.69) is 21.5 Å². The van der Waals surface area contributed by atoms with Crippen molar-refractivity contribution in [2.24, 2.45) is 0 Å². The van der Waals surface area contributed by atoms with Crippen LogP contribution in [0.2, 0.25) is 0 Å². The zero-order valence-electron chi connectivity index (χ0n) is 13.7. The van der Waals surface area contributed by atoms with Crippen LogP contribution in [0.5, 0.6) is 0 Å². The summed E-state index contributed by atoms with van der Waals surface area (Å²) in [5.74, 6) is 1.57. The van der Waals surface area contributed by atoms with Gasteiger partial charge in [-0.2, -0.15) is 0 Å². The number of nitrogen functional groups attached to an aromatic ring is 1. The van der Waals surface area contributed by atoms with Crippen LogP contribution in [0.25, 0.3) is 11.0 Å². The van der Waals surface area contributed by atoms with Gasteiger partial charge < -0.3 is 10.3 Å². The first-order valence-corrected chi connectivity index (χ1v) is 9.60. The molecular weight excluding hydrogens is 300 g/mol. The van der Waals surface area contributed by atoms with Crippen LogP contribution < -0.4 is 5.73 Å². The van der Waals surface area contributed by atoms with Gasteiger partial charge in [-0.05, 0) is 32.3 Å². The second kappa shape index (κ2) is 6.24. The van der Waals surface area contributed by atoms with Gasteiger partial charge in [0.25, 0.3) is 0 Å². The third kappa shape index (κ3) is 3.40. The molecule has 122 valence electrons. The number of hydrogen-bond acceptors (Lipinski definition) is 5. The number of pyridine rings is 1. The van der Waals surface area contributed by atoms with E-state index in [1.807, 2.05) is 13.8 Å². The van der Waals surface area contributed by atoms with Gasteiger partial charge in [0.05, 0.1) is 11.3 Å². The van der Waals surface area contributed by atoms with Gasteiger partial charge in [-0.25, -0.2) is 18.4 Å². The molecule has 0 saturated carbocycles. The molecule has 0 spiro atoms. The lowest BCUT2D eigenvalue weighted by molar-refractivity contribution is 0.589. The lowest BCUT2D eigenvalue weighted by Gasteiger charge is -2.11. The van der Waals surface area contributed by atoms with E-state index in [0.29, 0.717) is 18.8 Å². The molecule has 2 rings (SSSR count). The van der Waals surface area contributed by atoms with Crippen molar-refractivity contribution in [2.75, 3.05) is 17.7 Å². The maximum atomic E-state index is 11.4. The minimum atomic E-state index is -2.95. The number of imidazole rings is 1. The standard InChI is InChI=1S/C15H24N4O2S/c1-5-7-12-18-13-14(10(2)11(3)17-15(13)16)19(12)8-6-9-22(4,20)21/h5-9H2,1-4H3,(H2,16,17). The van der Waals surface area contributed by atoms with Gasteiger partial charge in [-0.15, -0.1) is 0 Å². The highest BCUT2D eigenvalue weighted by atomic mass is 32.2. The number of nitrogens with two attached hydrogens (primary N) is 1. The van der Waals surface area contributed by atoms with E-state index >= 15 is 0 Å². The number of rotatable bonds is 6. The first-order valence-electron chi connectivity index (χ1n) is 7.54. The molecular formula is C15H24N4O2S. The number of aryl methyl sites for hydroxylation is 4. The molecule has 22 heavy (non-hydrogen) atoms. The summed E-state index contributed by atoms with van der Waals surface area (Å²) in [7, 11) is -2.95. The molecule has 0 unspecified atom stereocenters. The Bertz CT molecular complexity index is 794. The fourth-order valence-corrected chi connectivity index (χ4v) is 3.34. The van der Waals surface area contributed by atoms with Crippen molar-refractivity contribution in [1.29, 1.82) is 0 Å². The van der Waals surface area contributed by atoms with E-state index in [9.17, 15) is 8.42 Å². The second-order valence-electron chi connectivity index (χ2n) is 5.82. The summed E-state index contributed by atoms with van der Waals surface area (Å²) >= 11 is 0. The van der Waals surface area contributed by atoms with Crippen molar-refractivity contribution in [3.05, 3.63) is 17.1 Å². The van der Waals surface area contributed by atoms with Gasteiger partial charge in [0.1, 0.15) is 21.2 Å². The molecule has 2 N–H and O–H groups in total. The molecule has 0 fully saturated rings. The fourth-order valence-electron chi connectivity index (χ4n) is 2.69. The molecule has 2 aromatic heterocycles. The van der Waals surface area contributed by atoms with Crippen LogP contribution in [0.15, 0.2) is 0 Å². The minimum absolute atomic E-state index is 0.177. The molecule has 0 aliphatic carbocycles. The Morgan fingerprint density at radius 2 is 1.91 bits per heavy atom. The van der Waals surface area contributed by atoms with Crippen molar-refractivity contribution < 1.29 is 8.42 Å². The molecule has 0 aromatic carbocycles. The number of anilines is 1. The van der Waals surface area contributed by atoms with Gasteiger partial charge in [0, 0.05) is 24.9 Å². The van der Waals surface area contributed by atoms with Crippen molar-refractivity contribution >= 4 is 26.7 Å². The monoisotopic (exact) mass is 324 g/mol. The van der Waals surface area contributed by atoms with Crippen LogP contribution in [-0.4, -0.2) is 35.0 Å². The zero-order valence-corrected chi connectivity index (χ0v) is 14.5. The molecule has 0 bridgehead atoms. The normalized spacial score (nSPS) is 12.2. The third-order valence-electron chi connectivity index (χ3n) is 3.85. The Balaban J connectivity index is 2.51. The summed E-state index contributed by atoms with van der Waals surface area (Å²) in [6.07, 6.45) is 3.65. The molecule has 7 heteroatoms. The van der Waals surface area contributed by atoms with Crippen molar-refractivity contribution in [1.82, 2.24) is 14.5 Å². The lowest BCUT2D eigenvalue weighted by atomic mass is 10.2. The molecule has 0 aliphatic heterocycles. The number of hydrogen-bond donors (Lipinski definition) is 1. The summed E-state index contributed by atoms with van der Waals surface area (Å²) in [5, 5.41) is 0. The summed E-state index contributed by atoms with van der Waals surface area (Å²) in [5.41, 5.74) is 9.68. The molecule has 2 heterocycles. The maximum absolute atomic E-state index is 11.4. The largest absolute Gasteiger partial charge is 0.382 e. The Morgan fingerprint density at radius 1 is 1.23 bits per heavy atom. The highest BCUT2D eigenvalue weighted by Gasteiger charge is 2.17. The van der Waals surface area contributed by atoms with Gasteiger partial charge in [-0.1, -0.05) is 6.92 Å². The Labute approximate surface area is 131 Å². The zero-order chi connectivity index (χ0) is 16.5. The molecule has 2 aromatic rings. The Kier molecular flexibility index (Phi) is 4.75. The molecule has 0 aliphatic rings. The minimum Gasteiger partial charge on any atom is -0.382 e. The molecule has 0 atom stereocenters. The summed E-state index contributed by atoms with van der Waals surface area (Å²) in [4.78, 5) is 8.99. The van der Waals surface area contributed by atoms with Gasteiger partial charge >= 0.3 is 0 Å². The van der Waals surface area contributed by atoms with Crippen molar-refractivity contribution in [3.8, 4) is 0 Å². The van der Waals surface area contributed by atoms with Crippen molar-refractivity contribution in [3.63, 3.8) is 0 Å². The van der Waals surface area contributed by atoms with Crippen LogP contribution in [0.1, 0.15) is 36.8 Å². The summed E-state index contributed by atoms with van der Waals surface area (Å²) < 4.78 is 24.8. The van der Waals surface area contributed by atoms with Crippen LogP contribution in [0.3, 0.4) is 0 Å². The van der Waals surface area contributed by atoms with Crippen molar-refractivity contribution in [2.45, 2.75) is 46.6 Å². The molecule has 0 saturated heterocycles. The van der Waals surface area contributed by atoms with Crippen LogP contribution in [0, 0.1) is 13.8 Å². The van der Waals surface area contributed by atoms with Gasteiger partial charge in [0.2, 0.25) is 0 Å². The van der Waals surface area contributed by atoms with E-state index in [-0.39, 0.29) is 5.75 Å². The molecule has 6 nitrogen and oxygen atoms in total. The van der Waals surface area contributed by atoms with E-state index in [4.69, 9.17) is 5.73 Å². The topological polar surface area (TPSA) is 90.9 Å². The predicted octanol–water partition coefficient (Wildman–Crippen LogP) is 2.02. The highest BCUT2D eigenvalue weighted by Crippen LogP contribution is 2.26. The summed E-state index contributed by atoms with van der Waals surface area (Å²) in [6.45, 7) is 6.66. The highest BCUT2D eigenvalue weighted by molar-refractivity contribution is 7.90. The van der Waals surface area contributed by atoms with Crippen LogP contribution in [-0.2, 0) is 22.8 Å². The number of aromatic nitrogens is 3. The average Bonchev–Trinajstić information content (AvgIpc) is 2.75. The SMILES string of the molecule is CCCc1nc2c(N)nc(C)c(C)c2n1CCCS(C)(=O)=O. The smallest absolute Gasteiger partial charge is 0.151 e. The van der Waals surface area contributed by atoms with Gasteiger partial charge in [0.15, 0.2) is 5.82 Å². The van der Waals surface area contributed by atoms with E-state index < -0.39 is 9.84 Å². The van der Waals surface area contributed by atoms with E-state index in [1.54, 1.807) is 0 Å². The lowest BCUT2D eigenvalue weighted by Crippen LogP contribution is -2.10. The maximum Gasteiger partial charge on any atom is 0.151 e. The quantitative estimate of drug-likeness (QED) is 0.878. The molecule has 0 radical (unpaired) electrons. The first kappa shape index (κ1) is 16.7. The fraction of sp³-hybridized carbons (Fsp3) is 0.600. The number of nitrogens with zero attached hydrogens (tertiary/aromatic N) is 3. The average molecular weight is 324 g/mol. The Morgan fingerprint density at radius 3 is 2.50 bits per heavy atom. The van der Waals surface area contributed by atoms with E-state index in [0.717, 1.165) is 41.0 Å². The predicted molar refractivity (Wildman–Crippen MR) is 89.7 cm³/mol. The number of fused-ring (bicyclic) bond motifs is 1. The van der Waals surface area contributed by atoms with Crippen LogP contribution >= 0.6 is 0 Å². The number of sulfone groups is 1. The first-order chi connectivity index (χ1) is 10.2. The van der Waals surface area contributed by atoms with Gasteiger partial charge in [-0.3, -0.25) is 0 Å². The van der Waals surface area contributed by atoms with Crippen LogP contribution in [0.4, 0.5) is 5.82 Å². The second-order valence-corrected chi connectivity index (χ2v) is 8.08. The Hall–Kier alpha value is -1.63. The van der Waals surface area contributed by atoms with E-state index in [1.165, 1.54) is 6.26 Å².